The summed E-state index contributed by atoms with van der Waals surface area (Å²) in [7, 11) is 0. The molecule has 0 unspecified atom stereocenters. The smallest absolute Gasteiger partial charge is 0.271 e. The van der Waals surface area contributed by atoms with Crippen LogP contribution in [0.5, 0.6) is 0 Å². The lowest BCUT2D eigenvalue weighted by molar-refractivity contribution is 0.223. The van der Waals surface area contributed by atoms with Crippen LogP contribution in [0.1, 0.15) is 0 Å². The molecule has 2 nitrogen and oxygen atoms in total. The number of alkyl halides is 2. The van der Waals surface area contributed by atoms with Crippen LogP contribution in [0.15, 0.2) is 0 Å². The normalized spacial score (nSPS) is 10.0. The van der Waals surface area contributed by atoms with E-state index in [9.17, 15) is 0 Å². The maximum atomic E-state index is 7.83. The van der Waals surface area contributed by atoms with Gasteiger partial charge in [-0.05, 0) is 0 Å². The second kappa shape index (κ2) is 2.88. The Kier molecular flexibility index (Phi) is 4.76. The first-order valence-electron chi connectivity index (χ1n) is 0.890. The van der Waals surface area contributed by atoms with Crippen LogP contribution in [0.4, 0.5) is 0 Å². The van der Waals surface area contributed by atoms with Crippen LogP contribution in [0.3, 0.4) is 0 Å². The monoisotopic (exact) mass is 151 g/mol. The summed E-state index contributed by atoms with van der Waals surface area (Å²) in [6.45, 7) is 0. The van der Waals surface area contributed by atoms with E-state index in [0.29, 0.717) is 0 Å². The van der Waals surface area contributed by atoms with E-state index in [1.807, 2.05) is 0 Å². The lowest BCUT2D eigenvalue weighted by Crippen LogP contribution is -2.23. The zero-order valence-corrected chi connectivity index (χ0v) is 5.02. The highest BCUT2D eigenvalue weighted by atomic mass is 35.5. The second-order valence-corrected chi connectivity index (χ2v) is 1.93. The molecule has 0 saturated carbocycles. The Morgan fingerprint density at radius 3 is 1.50 bits per heavy atom. The molecule has 0 radical (unpaired) electrons. The van der Waals surface area contributed by atoms with E-state index in [2.05, 4.69) is 28.9 Å². The molecule has 0 bridgehead atoms. The minimum atomic E-state index is -2.06. The van der Waals surface area contributed by atoms with Crippen LogP contribution < -0.4 is 5.73 Å². The van der Waals surface area contributed by atoms with Gasteiger partial charge in [-0.25, -0.2) is 0 Å². The van der Waals surface area contributed by atoms with E-state index in [-0.39, 0.29) is 12.4 Å². The number of rotatable bonds is 0. The molecule has 3 N–H and O–H groups in total. The molecule has 5 heteroatoms. The predicted octanol–water partition coefficient (Wildman–Crippen LogP) is 0.448. The first-order valence-corrected chi connectivity index (χ1v) is 1.65. The molecule has 0 rings (SSSR count). The van der Waals surface area contributed by atoms with Gasteiger partial charge in [0.15, 0.2) is 0 Å². The van der Waals surface area contributed by atoms with Crippen molar-refractivity contribution < 1.29 is 5.11 Å². The van der Waals surface area contributed by atoms with Crippen LogP contribution in [-0.2, 0) is 0 Å². The zero-order valence-electron chi connectivity index (χ0n) is 2.69. The summed E-state index contributed by atoms with van der Waals surface area (Å²) in [6, 6.07) is 0. The van der Waals surface area contributed by atoms with E-state index >= 15 is 0 Å². The van der Waals surface area contributed by atoms with Gasteiger partial charge in [-0.2, -0.15) is 0 Å². The average molecular weight is 152 g/mol. The van der Waals surface area contributed by atoms with Gasteiger partial charge in [0.2, 0.25) is 0 Å². The summed E-state index contributed by atoms with van der Waals surface area (Å²) in [5, 5.41) is 7.83. The topological polar surface area (TPSA) is 46.2 Å². The minimum Gasteiger partial charge on any atom is -0.351 e. The van der Waals surface area contributed by atoms with E-state index < -0.39 is 4.64 Å². The SMILES string of the molecule is Cl.NC(O)(Cl)Cl. The van der Waals surface area contributed by atoms with Crippen molar-refractivity contribution in [3.05, 3.63) is 0 Å². The largest absolute Gasteiger partial charge is 0.351 e. The van der Waals surface area contributed by atoms with Gasteiger partial charge < -0.3 is 5.11 Å². The predicted molar refractivity (Wildman–Crippen MR) is 28.1 cm³/mol. The number of aliphatic hydroxyl groups is 1. The van der Waals surface area contributed by atoms with Crippen molar-refractivity contribution in [1.29, 1.82) is 0 Å². The van der Waals surface area contributed by atoms with E-state index in [1.54, 1.807) is 0 Å². The summed E-state index contributed by atoms with van der Waals surface area (Å²) in [5.74, 6) is 0. The number of halogens is 3. The van der Waals surface area contributed by atoms with Gasteiger partial charge in [0.25, 0.3) is 4.64 Å². The van der Waals surface area contributed by atoms with Gasteiger partial charge in [0.1, 0.15) is 0 Å². The Labute approximate surface area is 51.6 Å². The maximum Gasteiger partial charge on any atom is 0.271 e. The fraction of sp³-hybridized carbons (Fsp3) is 1.00. The van der Waals surface area contributed by atoms with Crippen LogP contribution in [0.2, 0.25) is 0 Å². The third-order valence-electron chi connectivity index (χ3n) is 0. The molecule has 0 heterocycles. The summed E-state index contributed by atoms with van der Waals surface area (Å²) in [5.41, 5.74) is 4.44. The molecule has 0 fully saturated rings. The quantitative estimate of drug-likeness (QED) is 0.301. The third-order valence-corrected chi connectivity index (χ3v) is 0. The van der Waals surface area contributed by atoms with Gasteiger partial charge in [-0.15, -0.1) is 12.4 Å². The van der Waals surface area contributed by atoms with Gasteiger partial charge in [0.05, 0.1) is 0 Å². The van der Waals surface area contributed by atoms with Crippen molar-refractivity contribution >= 4 is 35.6 Å². The average Bonchev–Trinajstić information content (AvgIpc) is 0.722. The van der Waals surface area contributed by atoms with E-state index in [4.69, 9.17) is 5.11 Å². The summed E-state index contributed by atoms with van der Waals surface area (Å²) < 4.78 is -2.06. The summed E-state index contributed by atoms with van der Waals surface area (Å²) >= 11 is 9.26. The molecular formula is CH4Cl3NO. The molecule has 0 atom stereocenters. The zero-order chi connectivity index (χ0) is 4.50. The molecular weight excluding hydrogens is 148 g/mol. The van der Waals surface area contributed by atoms with Crippen LogP contribution in [0, 0.1) is 0 Å². The minimum absolute atomic E-state index is 0. The molecule has 0 saturated heterocycles. The van der Waals surface area contributed by atoms with Crippen molar-refractivity contribution in [2.75, 3.05) is 0 Å². The van der Waals surface area contributed by atoms with Gasteiger partial charge >= 0.3 is 0 Å². The molecule has 0 aromatic heterocycles. The van der Waals surface area contributed by atoms with Crippen molar-refractivity contribution in [2.24, 2.45) is 5.73 Å². The molecule has 0 aliphatic carbocycles. The first kappa shape index (κ1) is 9.92. The molecule has 0 spiro atoms. The molecule has 40 valence electrons. The highest BCUT2D eigenvalue weighted by Crippen LogP contribution is 2.04. The number of hydrogen-bond acceptors (Lipinski definition) is 2. The summed E-state index contributed by atoms with van der Waals surface area (Å²) in [6.07, 6.45) is 0. The highest BCUT2D eigenvalue weighted by molar-refractivity contribution is 6.46. The first-order chi connectivity index (χ1) is 2.00. The fourth-order valence-electron chi connectivity index (χ4n) is 0. The van der Waals surface area contributed by atoms with Crippen molar-refractivity contribution in [2.45, 2.75) is 4.64 Å². The third kappa shape index (κ3) is 110. The Morgan fingerprint density at radius 2 is 1.50 bits per heavy atom. The molecule has 0 aromatic carbocycles. The Hall–Kier alpha value is 0.790. The summed E-state index contributed by atoms with van der Waals surface area (Å²) in [4.78, 5) is 0. The van der Waals surface area contributed by atoms with Crippen molar-refractivity contribution in [3.63, 3.8) is 0 Å². The number of nitrogens with two attached hydrogens (primary N) is 1. The molecule has 0 amide bonds. The van der Waals surface area contributed by atoms with Crippen LogP contribution >= 0.6 is 35.6 Å². The molecule has 0 aliphatic heterocycles. The van der Waals surface area contributed by atoms with Gasteiger partial charge in [0, 0.05) is 0 Å². The fourth-order valence-corrected chi connectivity index (χ4v) is 0. The lowest BCUT2D eigenvalue weighted by Gasteiger charge is -1.97. The van der Waals surface area contributed by atoms with Crippen molar-refractivity contribution in [1.82, 2.24) is 0 Å². The molecule has 6 heavy (non-hydrogen) atoms. The second-order valence-electron chi connectivity index (χ2n) is 0.588. The van der Waals surface area contributed by atoms with Gasteiger partial charge in [-0.3, -0.25) is 5.73 Å². The maximum absolute atomic E-state index is 7.83. The highest BCUT2D eigenvalue weighted by Gasteiger charge is 2.06. The van der Waals surface area contributed by atoms with Crippen molar-refractivity contribution in [3.8, 4) is 0 Å². The van der Waals surface area contributed by atoms with E-state index in [0.717, 1.165) is 0 Å². The standard InChI is InChI=1S/CH3Cl2NO.ClH/c2-1(3,4)5;/h5H,4H2;1H. The van der Waals surface area contributed by atoms with E-state index in [1.165, 1.54) is 0 Å². The van der Waals surface area contributed by atoms with Crippen LogP contribution in [0.25, 0.3) is 0 Å². The number of hydrogen-bond donors (Lipinski definition) is 2. The molecule has 0 aliphatic rings. The Morgan fingerprint density at radius 1 is 1.50 bits per heavy atom. The van der Waals surface area contributed by atoms with Gasteiger partial charge in [-0.1, -0.05) is 23.2 Å². The van der Waals surface area contributed by atoms with Crippen LogP contribution in [-0.4, -0.2) is 9.75 Å². The lowest BCUT2D eigenvalue weighted by atomic mass is 11.3. The Bertz CT molecular complexity index is 26.3. The molecule has 0 aromatic rings. The Balaban J connectivity index is 0.